The number of halogens is 2. The number of carbonyl (C=O) groups excluding carboxylic acids is 2. The maximum absolute atomic E-state index is 12.4. The summed E-state index contributed by atoms with van der Waals surface area (Å²) in [4.78, 5) is 90.4. The summed E-state index contributed by atoms with van der Waals surface area (Å²) in [6.45, 7) is 8.97. The molecule has 0 heterocycles. The first kappa shape index (κ1) is 115. The lowest BCUT2D eigenvalue weighted by Gasteiger charge is -2.19. The van der Waals surface area contributed by atoms with Crippen molar-refractivity contribution in [3.8, 4) is 40.2 Å². The third kappa shape index (κ3) is 44.9. The topological polar surface area (TPSA) is 640 Å². The standard InChI is InChI=1S/C14H15NO2.C13H15NO2.C11H15NO2.2C10H13NO4.2C9H10FNO2.C9H12N2O2.CO2.4H2S/c15-10-9-11-1-5-13(6-2-11)17-14-7-3-12(16)4-8-14;1-8-3-2-4-9-5-6-10(12(8)9)7-11(14)13(15)16;1-8-4-3-5-9(6-8)7-11(2,12)10(13)14;2*1-10(11,9(14)15)5-6-2-3-7(12)8(13)4-6;3*10-7-3-1-6(2-4-7)5-8(11)9(12)13;2-1-3;;;;/h1-8,16H,9-10,15H2;2-4,6,11H,5,7,14H2,1H3,(H,15,16);3-6H,7,12H2,1-2H3,(H,13,14);2*2-4,12-13H,5,11H2,1H3,(H,14,15);2*1-4,8H,5,11H2,(H,12,13);1-4,8H,5,10-11H2,(H,12,13);;4*1H2/t;;;10-;;8-;;8-;;;;;/m...0.0.0...../s1. The highest BCUT2D eigenvalue weighted by Crippen LogP contribution is 2.34. The van der Waals surface area contributed by atoms with Gasteiger partial charge in [-0.3, -0.25) is 33.6 Å². The molecule has 0 saturated carbocycles. The predicted octanol–water partition coefficient (Wildman–Crippen LogP) is 8.30. The fourth-order valence-electron chi connectivity index (χ4n) is 10.3. The first-order chi connectivity index (χ1) is 55.6. The van der Waals surface area contributed by atoms with E-state index in [-0.39, 0.29) is 126 Å². The average molecular weight is 1790 g/mol. The van der Waals surface area contributed by atoms with E-state index in [1.807, 2.05) is 74.5 Å². The maximum Gasteiger partial charge on any atom is 0.373 e. The van der Waals surface area contributed by atoms with Crippen LogP contribution < -0.4 is 56.3 Å². The lowest BCUT2D eigenvalue weighted by molar-refractivity contribution is -0.192. The second-order valence-corrected chi connectivity index (χ2v) is 27.8. The summed E-state index contributed by atoms with van der Waals surface area (Å²) in [5, 5.41) is 106. The van der Waals surface area contributed by atoms with Gasteiger partial charge in [0, 0.05) is 24.9 Å². The van der Waals surface area contributed by atoms with Crippen LogP contribution >= 0.6 is 54.0 Å². The van der Waals surface area contributed by atoms with E-state index in [0.717, 1.165) is 52.0 Å². The highest BCUT2D eigenvalue weighted by Gasteiger charge is 2.31. The molecule has 0 amide bonds. The molecular formula is C86H111F2N9O22S4. The van der Waals surface area contributed by atoms with E-state index in [2.05, 4.69) is 12.1 Å². The van der Waals surface area contributed by atoms with Crippen LogP contribution in [0.15, 0.2) is 206 Å². The van der Waals surface area contributed by atoms with Gasteiger partial charge in [-0.25, -0.2) is 8.78 Å². The van der Waals surface area contributed by atoms with Crippen LogP contribution in [0.3, 0.4) is 0 Å². The number of carboxylic acids is 7. The molecule has 0 aliphatic heterocycles. The van der Waals surface area contributed by atoms with Crippen LogP contribution in [-0.2, 0) is 94.5 Å². The zero-order valence-corrected chi connectivity index (χ0v) is 71.9. The first-order valence-corrected chi connectivity index (χ1v) is 36.1. The van der Waals surface area contributed by atoms with Gasteiger partial charge >= 0.3 is 47.9 Å². The van der Waals surface area contributed by atoms with Crippen LogP contribution in [0.5, 0.6) is 40.2 Å². The summed E-state index contributed by atoms with van der Waals surface area (Å²) in [6, 6.07) is 51.3. The molecule has 9 aromatic rings. The molecule has 30 N–H and O–H groups in total. The number of rotatable bonds is 25. The first-order valence-electron chi connectivity index (χ1n) is 36.1. The lowest BCUT2D eigenvalue weighted by Crippen LogP contribution is -2.46. The minimum Gasteiger partial charge on any atom is -0.508 e. The number of allylic oxidation sites excluding steroid dienone is 1. The number of carbonyl (C=O) groups is 7. The number of aromatic hydroxyl groups is 5. The number of fused-ring (bicyclic) bond motifs is 1. The van der Waals surface area contributed by atoms with E-state index in [1.54, 1.807) is 48.5 Å². The summed E-state index contributed by atoms with van der Waals surface area (Å²) >= 11 is 0. The molecule has 37 heteroatoms. The summed E-state index contributed by atoms with van der Waals surface area (Å²) in [5.74, 6) is -7.26. The Morgan fingerprint density at radius 2 is 0.740 bits per heavy atom. The van der Waals surface area contributed by atoms with Crippen molar-refractivity contribution >= 4 is 113 Å². The number of anilines is 1. The molecular weight excluding hydrogens is 1680 g/mol. The Morgan fingerprint density at radius 3 is 1.07 bits per heavy atom. The number of nitrogen functional groups attached to an aromatic ring is 1. The van der Waals surface area contributed by atoms with Crippen molar-refractivity contribution in [2.24, 2.45) is 45.9 Å². The van der Waals surface area contributed by atoms with E-state index in [0.29, 0.717) is 48.4 Å². The highest BCUT2D eigenvalue weighted by atomic mass is 32.1. The quantitative estimate of drug-likeness (QED) is 0.0189. The second-order valence-electron chi connectivity index (χ2n) is 27.8. The lowest BCUT2D eigenvalue weighted by atomic mass is 9.93. The van der Waals surface area contributed by atoms with Gasteiger partial charge in [0.05, 0.1) is 0 Å². The smallest absolute Gasteiger partial charge is 0.373 e. The van der Waals surface area contributed by atoms with Gasteiger partial charge in [-0.1, -0.05) is 115 Å². The summed E-state index contributed by atoms with van der Waals surface area (Å²) in [5.41, 5.74) is 57.3. The number of carboxylic acid groups (broad SMARTS) is 7. The Kier molecular flexibility index (Phi) is 53.6. The largest absolute Gasteiger partial charge is 0.508 e. The van der Waals surface area contributed by atoms with Gasteiger partial charge in [-0.05, 0) is 238 Å². The van der Waals surface area contributed by atoms with Gasteiger partial charge in [0.2, 0.25) is 0 Å². The van der Waals surface area contributed by atoms with Crippen molar-refractivity contribution in [1.29, 1.82) is 0 Å². The molecule has 4 unspecified atom stereocenters. The third-order valence-electron chi connectivity index (χ3n) is 16.9. The van der Waals surface area contributed by atoms with Gasteiger partial charge in [0.1, 0.15) is 69.7 Å². The van der Waals surface area contributed by atoms with Crippen molar-refractivity contribution < 1.29 is 118 Å². The number of aliphatic carboxylic acids is 7. The average Bonchev–Trinajstić information content (AvgIpc) is 1.66. The molecule has 0 radical (unpaired) electrons. The number of hydrogen-bond donors (Lipinski definition) is 21. The zero-order chi connectivity index (χ0) is 90.1. The molecule has 0 bridgehead atoms. The fourth-order valence-corrected chi connectivity index (χ4v) is 10.3. The Bertz CT molecular complexity index is 4620. The molecule has 10 rings (SSSR count). The van der Waals surface area contributed by atoms with Gasteiger partial charge < -0.3 is 118 Å². The van der Waals surface area contributed by atoms with Crippen LogP contribution in [0.1, 0.15) is 88.4 Å². The molecule has 0 saturated heterocycles. The van der Waals surface area contributed by atoms with Gasteiger partial charge in [-0.2, -0.15) is 63.6 Å². The minimum atomic E-state index is -1.39. The number of hydrogen-bond acceptors (Lipinski definition) is 24. The van der Waals surface area contributed by atoms with Crippen LogP contribution in [0.2, 0.25) is 0 Å². The Hall–Kier alpha value is -12.1. The van der Waals surface area contributed by atoms with Crippen molar-refractivity contribution in [2.45, 2.75) is 133 Å². The zero-order valence-electron chi connectivity index (χ0n) is 67.9. The summed E-state index contributed by atoms with van der Waals surface area (Å²) in [7, 11) is 0. The molecule has 670 valence electrons. The highest BCUT2D eigenvalue weighted by molar-refractivity contribution is 7.59. The minimum absolute atomic E-state index is 0. The molecule has 1 aliphatic carbocycles. The fraction of sp³-hybridized carbons (Fsp3) is 0.256. The number of aryl methyl sites for hydroxylation is 2. The summed E-state index contributed by atoms with van der Waals surface area (Å²) < 4.78 is 30.5. The molecule has 7 atom stereocenters. The van der Waals surface area contributed by atoms with Crippen molar-refractivity contribution in [3.63, 3.8) is 0 Å². The molecule has 0 spiro atoms. The number of ether oxygens (including phenoxy) is 1. The van der Waals surface area contributed by atoms with E-state index >= 15 is 0 Å². The van der Waals surface area contributed by atoms with Gasteiger partial charge in [0.25, 0.3) is 0 Å². The van der Waals surface area contributed by atoms with Crippen molar-refractivity contribution in [3.05, 3.63) is 279 Å². The molecule has 31 nitrogen and oxygen atoms in total. The molecule has 0 aromatic heterocycles. The normalized spacial score (nSPS) is 12.7. The molecule has 0 fully saturated rings. The van der Waals surface area contributed by atoms with Gasteiger partial charge in [-0.15, -0.1) is 0 Å². The third-order valence-corrected chi connectivity index (χ3v) is 16.9. The van der Waals surface area contributed by atoms with E-state index in [1.165, 1.54) is 128 Å². The van der Waals surface area contributed by atoms with Crippen LogP contribution in [0.4, 0.5) is 14.5 Å². The van der Waals surface area contributed by atoms with Crippen molar-refractivity contribution in [1.82, 2.24) is 0 Å². The molecule has 9 aromatic carbocycles. The summed E-state index contributed by atoms with van der Waals surface area (Å²) in [6.07, 6.45) is 5.78. The van der Waals surface area contributed by atoms with Crippen LogP contribution in [-0.4, -0.2) is 157 Å². The Morgan fingerprint density at radius 1 is 0.423 bits per heavy atom. The number of benzene rings is 9. The number of phenols is 5. The van der Waals surface area contributed by atoms with Gasteiger partial charge in [0.15, 0.2) is 23.0 Å². The van der Waals surface area contributed by atoms with Crippen LogP contribution in [0.25, 0.3) is 5.57 Å². The number of phenolic OH excluding ortho intramolecular Hbond substituents is 5. The Labute approximate surface area is 737 Å². The predicted molar refractivity (Wildman–Crippen MR) is 481 cm³/mol. The maximum atomic E-state index is 12.4. The SMILES string of the molecule is CC(N)(Cc1ccc(O)c(O)c1)C(=O)O.C[C@](N)(Cc1ccc(O)c(O)c1)C(=O)O.Cc1cccc(CC(C)(N)C(=O)O)c1.Cc1cccc2c1C(CC(N)C(=O)O)=CC2.NC(Cc1ccc(F)cc1)C(=O)O.NCCc1ccc(Oc2ccc(O)cc2)cc1.N[C@@H](Cc1ccc(F)cc1)C(=O)O.Nc1ccc(C[C@H](N)C(=O)O)cc1.O=C=O.S.S.S.S. The second kappa shape index (κ2) is 57.3. The van der Waals surface area contributed by atoms with E-state index < -0.39 is 82.6 Å². The monoisotopic (exact) mass is 1790 g/mol. The molecule has 123 heavy (non-hydrogen) atoms. The van der Waals surface area contributed by atoms with E-state index in [4.69, 9.17) is 117 Å². The number of nitrogens with two attached hydrogens (primary N) is 9. The molecule has 1 aliphatic rings. The van der Waals surface area contributed by atoms with E-state index in [9.17, 15) is 52.6 Å². The van der Waals surface area contributed by atoms with Crippen LogP contribution in [0, 0.1) is 25.5 Å². The Balaban J connectivity index is -0.00000133. The van der Waals surface area contributed by atoms with Crippen molar-refractivity contribution in [2.75, 3.05) is 12.3 Å².